The Balaban J connectivity index is 1.38. The van der Waals surface area contributed by atoms with Crippen molar-refractivity contribution in [3.05, 3.63) is 54.1 Å². The molecule has 3 aliphatic rings. The topological polar surface area (TPSA) is 182 Å². The maximum atomic E-state index is 14.2. The molecule has 5 rings (SSSR count). The van der Waals surface area contributed by atoms with Gasteiger partial charge in [-0.25, -0.2) is 13.4 Å². The number of nitrogens with zero attached hydrogens (tertiary/aromatic N) is 2. The number of imidazole rings is 1. The highest BCUT2D eigenvalue weighted by atomic mass is 32.2. The van der Waals surface area contributed by atoms with Crippen molar-refractivity contribution in [2.24, 2.45) is 17.8 Å². The van der Waals surface area contributed by atoms with E-state index in [9.17, 15) is 33.0 Å². The highest BCUT2D eigenvalue weighted by Crippen LogP contribution is 2.36. The van der Waals surface area contributed by atoms with Crippen LogP contribution in [-0.4, -0.2) is 111 Å². The first-order valence-electron chi connectivity index (χ1n) is 18.4. The molecular formula is C37H55N5O7S2. The van der Waals surface area contributed by atoms with E-state index in [-0.39, 0.29) is 18.8 Å². The maximum Gasteiger partial charge on any atom is 0.243 e. The van der Waals surface area contributed by atoms with E-state index in [1.165, 1.54) is 20.2 Å². The van der Waals surface area contributed by atoms with E-state index in [0.717, 1.165) is 62.0 Å². The molecule has 14 heteroatoms. The monoisotopic (exact) mass is 745 g/mol. The molecule has 1 aliphatic heterocycles. The van der Waals surface area contributed by atoms with Gasteiger partial charge in [0.2, 0.25) is 17.7 Å². The average Bonchev–Trinajstić information content (AvgIpc) is 3.86. The molecular weight excluding hydrogens is 691 g/mol. The highest BCUT2D eigenvalue weighted by molar-refractivity contribution is 7.99. The number of hydrogen-bond donors (Lipinski definition) is 5. The fourth-order valence-corrected chi connectivity index (χ4v) is 9.81. The number of H-pyrrole nitrogens is 1. The summed E-state index contributed by atoms with van der Waals surface area (Å²) in [5, 5.41) is 28.1. The molecule has 2 aromatic rings. The van der Waals surface area contributed by atoms with Crippen LogP contribution in [0.1, 0.15) is 76.5 Å². The Kier molecular flexibility index (Phi) is 13.6. The summed E-state index contributed by atoms with van der Waals surface area (Å²) in [5.74, 6) is -1.60. The van der Waals surface area contributed by atoms with Crippen LogP contribution in [0.4, 0.5) is 0 Å². The van der Waals surface area contributed by atoms with Crippen LogP contribution in [0.15, 0.2) is 42.9 Å². The predicted octanol–water partition coefficient (Wildman–Crippen LogP) is 2.65. The fraction of sp³-hybridized carbons (Fsp3) is 0.676. The van der Waals surface area contributed by atoms with E-state index in [2.05, 4.69) is 20.6 Å². The molecule has 0 unspecified atom stereocenters. The molecule has 0 bridgehead atoms. The van der Waals surface area contributed by atoms with Crippen LogP contribution in [0.25, 0.3) is 0 Å². The van der Waals surface area contributed by atoms with Crippen LogP contribution >= 0.6 is 11.8 Å². The number of rotatable bonds is 17. The highest BCUT2D eigenvalue weighted by Gasteiger charge is 2.46. The third-order valence-corrected chi connectivity index (χ3v) is 14.3. The largest absolute Gasteiger partial charge is 0.390 e. The number of thioether (sulfide) groups is 1. The number of aromatic nitrogens is 2. The summed E-state index contributed by atoms with van der Waals surface area (Å²) in [6, 6.07) is 7.21. The maximum absolute atomic E-state index is 14.2. The van der Waals surface area contributed by atoms with Crippen molar-refractivity contribution in [2.75, 3.05) is 30.3 Å². The van der Waals surface area contributed by atoms with E-state index in [1.54, 1.807) is 22.9 Å². The lowest BCUT2D eigenvalue weighted by Crippen LogP contribution is -2.57. The SMILES string of the molecule is CC(C)(C(=O)N1CCSCC1)S(=O)(=O)C[C@@H](Cc1ccccc1)C(=O)N[C@@H](Cc1cnc[nH]1)C(=O)N[C@@H](CC1CCCCC1)[C@@H](O)[C@@H](O)C1CC1. The van der Waals surface area contributed by atoms with Gasteiger partial charge in [-0.15, -0.1) is 0 Å². The number of benzene rings is 1. The second-order valence-electron chi connectivity index (χ2n) is 15.1. The van der Waals surface area contributed by atoms with Crippen molar-refractivity contribution in [1.29, 1.82) is 0 Å². The number of amides is 3. The van der Waals surface area contributed by atoms with Gasteiger partial charge in [-0.05, 0) is 56.9 Å². The molecule has 1 aromatic carbocycles. The van der Waals surface area contributed by atoms with Gasteiger partial charge in [0.15, 0.2) is 9.84 Å². The molecule has 5 N–H and O–H groups in total. The van der Waals surface area contributed by atoms with Crippen molar-refractivity contribution in [1.82, 2.24) is 25.5 Å². The first-order valence-corrected chi connectivity index (χ1v) is 21.2. The molecule has 2 saturated carbocycles. The summed E-state index contributed by atoms with van der Waals surface area (Å²) in [7, 11) is -4.17. The van der Waals surface area contributed by atoms with Gasteiger partial charge in [-0.1, -0.05) is 62.4 Å². The van der Waals surface area contributed by atoms with Crippen molar-refractivity contribution in [3.8, 4) is 0 Å². The third-order valence-electron chi connectivity index (χ3n) is 10.8. The number of sulfone groups is 1. The van der Waals surface area contributed by atoms with Gasteiger partial charge in [-0.2, -0.15) is 11.8 Å². The van der Waals surface area contributed by atoms with E-state index < -0.39 is 68.3 Å². The van der Waals surface area contributed by atoms with Crippen LogP contribution in [0.5, 0.6) is 0 Å². The van der Waals surface area contributed by atoms with Crippen molar-refractivity contribution in [3.63, 3.8) is 0 Å². The van der Waals surface area contributed by atoms with Gasteiger partial charge in [0.1, 0.15) is 16.9 Å². The van der Waals surface area contributed by atoms with Crippen molar-refractivity contribution < 1.29 is 33.0 Å². The number of aromatic amines is 1. The molecule has 0 radical (unpaired) electrons. The van der Waals surface area contributed by atoms with Crippen LogP contribution in [0.3, 0.4) is 0 Å². The molecule has 282 valence electrons. The standard InChI is InChI=1S/C37H55N5O7S2/c1-37(2,36(47)42-15-17-50-18-16-42)51(48,49)23-28(19-25-9-5-3-6-10-25)34(45)41-31(21-29-22-38-24-39-29)35(46)40-30(20-26-11-7-4-8-12-26)33(44)32(43)27-13-14-27/h3,5-6,9-10,22,24,26-28,30-33,43-44H,4,7-8,11-21,23H2,1-2H3,(H,38,39)(H,40,46)(H,41,45)/t28-,30+,31+,32+,33-/m1/s1. The lowest BCUT2D eigenvalue weighted by Gasteiger charge is -2.35. The Labute approximate surface area is 306 Å². The van der Waals surface area contributed by atoms with Crippen molar-refractivity contribution >= 4 is 39.3 Å². The van der Waals surface area contributed by atoms with Gasteiger partial charge >= 0.3 is 0 Å². The Morgan fingerprint density at radius 3 is 2.29 bits per heavy atom. The molecule has 1 saturated heterocycles. The number of nitrogens with one attached hydrogen (secondary N) is 3. The van der Waals surface area contributed by atoms with Crippen LogP contribution in [0, 0.1) is 17.8 Å². The number of carbonyl (C=O) groups excluding carboxylic acids is 3. The van der Waals surface area contributed by atoms with Crippen molar-refractivity contribution in [2.45, 2.75) is 107 Å². The van der Waals surface area contributed by atoms with Gasteiger partial charge in [-0.3, -0.25) is 14.4 Å². The summed E-state index contributed by atoms with van der Waals surface area (Å²) in [6.45, 7) is 3.75. The Hall–Kier alpha value is -2.94. The molecule has 1 aromatic heterocycles. The zero-order valence-corrected chi connectivity index (χ0v) is 31.5. The van der Waals surface area contributed by atoms with E-state index in [1.807, 2.05) is 30.3 Å². The summed E-state index contributed by atoms with van der Waals surface area (Å²) >= 11 is 1.72. The minimum atomic E-state index is -4.17. The zero-order valence-electron chi connectivity index (χ0n) is 29.8. The van der Waals surface area contributed by atoms with Crippen LogP contribution < -0.4 is 10.6 Å². The molecule has 3 fully saturated rings. The summed E-state index contributed by atoms with van der Waals surface area (Å²) < 4.78 is 26.4. The molecule has 3 amide bonds. The third kappa shape index (κ3) is 10.6. The Morgan fingerprint density at radius 1 is 0.980 bits per heavy atom. The second kappa shape index (κ2) is 17.7. The number of aliphatic hydroxyl groups excluding tert-OH is 2. The average molecular weight is 746 g/mol. The second-order valence-corrected chi connectivity index (χ2v) is 18.9. The number of hydrogen-bond acceptors (Lipinski definition) is 9. The fourth-order valence-electron chi connectivity index (χ4n) is 7.30. The zero-order chi connectivity index (χ0) is 36.6. The molecule has 51 heavy (non-hydrogen) atoms. The first kappa shape index (κ1) is 39.3. The van der Waals surface area contributed by atoms with Gasteiger partial charge < -0.3 is 30.7 Å². The minimum Gasteiger partial charge on any atom is -0.390 e. The summed E-state index contributed by atoms with van der Waals surface area (Å²) in [6.07, 6.45) is 8.45. The van der Waals surface area contributed by atoms with Gasteiger partial charge in [0.05, 0.1) is 30.1 Å². The minimum absolute atomic E-state index is 0.00289. The lowest BCUT2D eigenvalue weighted by atomic mass is 9.82. The summed E-state index contributed by atoms with van der Waals surface area (Å²) in [4.78, 5) is 50.6. The Morgan fingerprint density at radius 2 is 1.67 bits per heavy atom. The lowest BCUT2D eigenvalue weighted by molar-refractivity contribution is -0.133. The summed E-state index contributed by atoms with van der Waals surface area (Å²) in [5.41, 5.74) is 1.32. The quantitative estimate of drug-likeness (QED) is 0.163. The van der Waals surface area contributed by atoms with E-state index >= 15 is 0 Å². The Bertz CT molecular complexity index is 1540. The normalized spacial score (nSPS) is 20.5. The first-order chi connectivity index (χ1) is 24.4. The molecule has 12 nitrogen and oxygen atoms in total. The smallest absolute Gasteiger partial charge is 0.243 e. The predicted molar refractivity (Wildman–Crippen MR) is 197 cm³/mol. The van der Waals surface area contributed by atoms with Gasteiger partial charge in [0, 0.05) is 42.9 Å². The van der Waals surface area contributed by atoms with E-state index in [0.29, 0.717) is 31.1 Å². The van der Waals surface area contributed by atoms with Crippen LogP contribution in [0.2, 0.25) is 0 Å². The molecule has 5 atom stereocenters. The molecule has 0 spiro atoms. The molecule has 2 aliphatic carbocycles. The molecule has 2 heterocycles. The number of aliphatic hydroxyl groups is 2. The van der Waals surface area contributed by atoms with Gasteiger partial charge in [0.25, 0.3) is 0 Å². The number of carbonyl (C=O) groups is 3. The van der Waals surface area contributed by atoms with E-state index in [4.69, 9.17) is 0 Å². The van der Waals surface area contributed by atoms with Crippen LogP contribution in [-0.2, 0) is 37.1 Å².